The lowest BCUT2D eigenvalue weighted by molar-refractivity contribution is 0.322. The highest BCUT2D eigenvalue weighted by Crippen LogP contribution is 2.23. The number of sulfonamides is 2. The summed E-state index contributed by atoms with van der Waals surface area (Å²) in [5.41, 5.74) is 0.293. The van der Waals surface area contributed by atoms with E-state index in [9.17, 15) is 16.8 Å². The molecule has 0 radical (unpaired) electrons. The number of nitrogens with zero attached hydrogens (tertiary/aromatic N) is 2. The number of ether oxygens (including phenoxy) is 1. The summed E-state index contributed by atoms with van der Waals surface area (Å²) in [5, 5.41) is 3.64. The van der Waals surface area contributed by atoms with E-state index < -0.39 is 20.0 Å². The van der Waals surface area contributed by atoms with Crippen molar-refractivity contribution in [3.05, 3.63) is 35.7 Å². The fraction of sp³-hybridized carbons (Fsp3) is 0.500. The van der Waals surface area contributed by atoms with Crippen molar-refractivity contribution in [1.29, 1.82) is 0 Å². The van der Waals surface area contributed by atoms with Crippen molar-refractivity contribution in [3.63, 3.8) is 0 Å². The van der Waals surface area contributed by atoms with E-state index in [-0.39, 0.29) is 28.7 Å². The molecule has 160 valence electrons. The van der Waals surface area contributed by atoms with Crippen LogP contribution in [-0.2, 0) is 20.0 Å². The van der Waals surface area contributed by atoms with Gasteiger partial charge in [-0.15, -0.1) is 0 Å². The smallest absolute Gasteiger partial charge is 0.246 e. The highest BCUT2D eigenvalue weighted by Gasteiger charge is 2.26. The second-order valence-electron chi connectivity index (χ2n) is 6.84. The quantitative estimate of drug-likeness (QED) is 0.618. The van der Waals surface area contributed by atoms with E-state index in [2.05, 4.69) is 9.88 Å². The molecule has 1 saturated heterocycles. The van der Waals surface area contributed by atoms with Gasteiger partial charge in [0.05, 0.1) is 4.90 Å². The third-order valence-corrected chi connectivity index (χ3v) is 8.29. The van der Waals surface area contributed by atoms with Gasteiger partial charge in [0.25, 0.3) is 0 Å². The number of aryl methyl sites for hydroxylation is 2. The maximum Gasteiger partial charge on any atom is 0.246 e. The molecule has 0 saturated carbocycles. The van der Waals surface area contributed by atoms with E-state index in [0.29, 0.717) is 24.5 Å². The molecule has 1 N–H and O–H groups in total. The first-order valence-corrected chi connectivity index (χ1v) is 12.3. The summed E-state index contributed by atoms with van der Waals surface area (Å²) >= 11 is 0. The van der Waals surface area contributed by atoms with Crippen molar-refractivity contribution in [1.82, 2.24) is 14.2 Å². The van der Waals surface area contributed by atoms with Gasteiger partial charge in [0, 0.05) is 19.6 Å². The molecule has 0 spiro atoms. The van der Waals surface area contributed by atoms with E-state index in [4.69, 9.17) is 9.26 Å². The summed E-state index contributed by atoms with van der Waals surface area (Å²) in [4.78, 5) is 0.260. The molecule has 2 aromatic rings. The van der Waals surface area contributed by atoms with Gasteiger partial charge in [-0.1, -0.05) is 11.6 Å². The van der Waals surface area contributed by atoms with Crippen molar-refractivity contribution >= 4 is 20.0 Å². The van der Waals surface area contributed by atoms with Crippen molar-refractivity contribution in [2.24, 2.45) is 0 Å². The maximum absolute atomic E-state index is 12.6. The minimum absolute atomic E-state index is 0.0322. The Morgan fingerprint density at radius 1 is 1.07 bits per heavy atom. The summed E-state index contributed by atoms with van der Waals surface area (Å²) in [5.74, 6) is 0.681. The van der Waals surface area contributed by atoms with Crippen LogP contribution in [0.2, 0.25) is 0 Å². The Bertz CT molecular complexity index is 1020. The lowest BCUT2D eigenvalue weighted by Crippen LogP contribution is -2.35. The molecule has 1 fully saturated rings. The van der Waals surface area contributed by atoms with E-state index in [1.165, 1.54) is 23.4 Å². The second kappa shape index (κ2) is 8.82. The van der Waals surface area contributed by atoms with E-state index in [1.807, 2.05) is 0 Å². The topological polar surface area (TPSA) is 119 Å². The molecule has 3 rings (SSSR count). The average molecular weight is 444 g/mol. The zero-order chi connectivity index (χ0) is 21.1. The SMILES string of the molecule is Cc1noc(C)c1S(=O)(=O)NCCOc1ccc(S(=O)(=O)N2CCCCC2)cc1. The van der Waals surface area contributed by atoms with Crippen LogP contribution in [0.25, 0.3) is 0 Å². The first-order chi connectivity index (χ1) is 13.7. The number of rotatable bonds is 8. The van der Waals surface area contributed by atoms with Gasteiger partial charge in [-0.25, -0.2) is 21.6 Å². The molecule has 1 aromatic carbocycles. The molecule has 2 heterocycles. The highest BCUT2D eigenvalue weighted by molar-refractivity contribution is 7.89. The van der Waals surface area contributed by atoms with Gasteiger partial charge in [0.1, 0.15) is 22.9 Å². The minimum atomic E-state index is -3.74. The Balaban J connectivity index is 1.54. The molecule has 29 heavy (non-hydrogen) atoms. The van der Waals surface area contributed by atoms with E-state index >= 15 is 0 Å². The van der Waals surface area contributed by atoms with Gasteiger partial charge in [0.15, 0.2) is 5.76 Å². The number of nitrogens with one attached hydrogen (secondary N) is 1. The third kappa shape index (κ3) is 4.97. The Morgan fingerprint density at radius 2 is 1.72 bits per heavy atom. The van der Waals surface area contributed by atoms with Gasteiger partial charge in [-0.2, -0.15) is 4.31 Å². The summed E-state index contributed by atoms with van der Waals surface area (Å²) in [7, 11) is -7.23. The van der Waals surface area contributed by atoms with Crippen LogP contribution in [0, 0.1) is 13.8 Å². The van der Waals surface area contributed by atoms with Crippen molar-refractivity contribution in [3.8, 4) is 5.75 Å². The van der Waals surface area contributed by atoms with Gasteiger partial charge in [-0.3, -0.25) is 0 Å². The molecule has 0 unspecified atom stereocenters. The molecular weight excluding hydrogens is 418 g/mol. The number of hydrogen-bond donors (Lipinski definition) is 1. The predicted molar refractivity (Wildman–Crippen MR) is 106 cm³/mol. The zero-order valence-electron chi connectivity index (χ0n) is 16.4. The Morgan fingerprint density at radius 3 is 2.31 bits per heavy atom. The number of aromatic nitrogens is 1. The van der Waals surface area contributed by atoms with Crippen LogP contribution in [0.3, 0.4) is 0 Å². The standard InChI is InChI=1S/C18H25N3O6S2/c1-14-18(15(2)27-20-14)28(22,23)19-10-13-26-16-6-8-17(9-7-16)29(24,25)21-11-4-3-5-12-21/h6-9,19H,3-5,10-13H2,1-2H3. The lowest BCUT2D eigenvalue weighted by Gasteiger charge is -2.25. The molecule has 11 heteroatoms. The van der Waals surface area contributed by atoms with Gasteiger partial charge < -0.3 is 9.26 Å². The molecule has 0 atom stereocenters. The van der Waals surface area contributed by atoms with Crippen LogP contribution >= 0.6 is 0 Å². The lowest BCUT2D eigenvalue weighted by atomic mass is 10.2. The molecule has 1 aliphatic heterocycles. The molecule has 0 bridgehead atoms. The zero-order valence-corrected chi connectivity index (χ0v) is 18.1. The number of piperidine rings is 1. The fourth-order valence-corrected chi connectivity index (χ4v) is 6.09. The molecule has 0 amide bonds. The van der Waals surface area contributed by atoms with Crippen molar-refractivity contribution in [2.45, 2.75) is 42.9 Å². The van der Waals surface area contributed by atoms with Crippen LogP contribution in [0.4, 0.5) is 0 Å². The summed E-state index contributed by atoms with van der Waals surface area (Å²) < 4.78 is 64.2. The second-order valence-corrected chi connectivity index (χ2v) is 10.5. The van der Waals surface area contributed by atoms with Crippen molar-refractivity contribution in [2.75, 3.05) is 26.2 Å². The van der Waals surface area contributed by atoms with Gasteiger partial charge in [-0.05, 0) is 51.0 Å². The highest BCUT2D eigenvalue weighted by atomic mass is 32.2. The summed E-state index contributed by atoms with van der Waals surface area (Å²) in [6.07, 6.45) is 2.81. The summed E-state index contributed by atoms with van der Waals surface area (Å²) in [6, 6.07) is 6.15. The van der Waals surface area contributed by atoms with E-state index in [0.717, 1.165) is 19.3 Å². The molecular formula is C18H25N3O6S2. The average Bonchev–Trinajstić information content (AvgIpc) is 3.05. The Hall–Kier alpha value is -1.95. The maximum atomic E-state index is 12.6. The first kappa shape index (κ1) is 21.8. The van der Waals surface area contributed by atoms with Crippen LogP contribution in [0.1, 0.15) is 30.7 Å². The van der Waals surface area contributed by atoms with Crippen LogP contribution in [-0.4, -0.2) is 52.5 Å². The molecule has 9 nitrogen and oxygen atoms in total. The summed E-state index contributed by atoms with van der Waals surface area (Å²) in [6.45, 7) is 4.31. The minimum Gasteiger partial charge on any atom is -0.492 e. The Kier molecular flexibility index (Phi) is 6.62. The normalized spacial score (nSPS) is 16.1. The van der Waals surface area contributed by atoms with E-state index in [1.54, 1.807) is 19.1 Å². The first-order valence-electron chi connectivity index (χ1n) is 9.37. The van der Waals surface area contributed by atoms with Gasteiger partial charge >= 0.3 is 0 Å². The molecule has 1 aliphatic rings. The largest absolute Gasteiger partial charge is 0.492 e. The van der Waals surface area contributed by atoms with Crippen molar-refractivity contribution < 1.29 is 26.1 Å². The monoisotopic (exact) mass is 443 g/mol. The molecule has 1 aromatic heterocycles. The van der Waals surface area contributed by atoms with Crippen LogP contribution < -0.4 is 9.46 Å². The Labute approximate surface area is 171 Å². The third-order valence-electron chi connectivity index (χ3n) is 4.68. The van der Waals surface area contributed by atoms with Gasteiger partial charge in [0.2, 0.25) is 20.0 Å². The number of hydrogen-bond acceptors (Lipinski definition) is 7. The van der Waals surface area contributed by atoms with Crippen LogP contribution in [0.5, 0.6) is 5.75 Å². The fourth-order valence-electron chi connectivity index (χ4n) is 3.24. The van der Waals surface area contributed by atoms with Crippen LogP contribution in [0.15, 0.2) is 38.6 Å². The number of benzene rings is 1. The molecule has 0 aliphatic carbocycles. The predicted octanol–water partition coefficient (Wildman–Crippen LogP) is 1.82.